The van der Waals surface area contributed by atoms with Gasteiger partial charge in [0.1, 0.15) is 12.4 Å². The fourth-order valence-electron chi connectivity index (χ4n) is 4.27. The standard InChI is InChI=1S/C26H19ClF7N3O3/c1-13-8-14(9-19(27)22(13)28)24(26(32,33)34)10-20(37-40-24)17-6-7-18(16-5-3-2-4-15(16)17)23(39)35-11-21(38)36-12-25(29,30)31/h2-9H,10-12H2,1H3,(H,35,39)(H,36,38)/t24-/m0/s1. The Morgan fingerprint density at radius 2 is 1.70 bits per heavy atom. The molecule has 1 heterocycles. The second kappa shape index (κ2) is 10.6. The van der Waals surface area contributed by atoms with Gasteiger partial charge in [-0.15, -0.1) is 0 Å². The highest BCUT2D eigenvalue weighted by molar-refractivity contribution is 6.30. The number of fused-ring (bicyclic) bond motifs is 1. The van der Waals surface area contributed by atoms with E-state index in [0.717, 1.165) is 12.1 Å². The first-order valence-electron chi connectivity index (χ1n) is 11.5. The van der Waals surface area contributed by atoms with Crippen molar-refractivity contribution in [2.75, 3.05) is 13.1 Å². The second-order valence-electron chi connectivity index (χ2n) is 9.00. The lowest BCUT2D eigenvalue weighted by Crippen LogP contribution is -2.42. The number of carbonyl (C=O) groups excluding carboxylic acids is 2. The molecular formula is C26H19ClF7N3O3. The van der Waals surface area contributed by atoms with Gasteiger partial charge in [0.15, 0.2) is 0 Å². The van der Waals surface area contributed by atoms with Gasteiger partial charge in [0.05, 0.1) is 17.3 Å². The lowest BCUT2D eigenvalue weighted by atomic mass is 9.84. The van der Waals surface area contributed by atoms with E-state index in [9.17, 15) is 40.3 Å². The van der Waals surface area contributed by atoms with Crippen LogP contribution in [0.5, 0.6) is 0 Å². The van der Waals surface area contributed by atoms with Crippen LogP contribution in [-0.4, -0.2) is 43.0 Å². The average Bonchev–Trinajstić information content (AvgIpc) is 3.35. The van der Waals surface area contributed by atoms with Crippen molar-refractivity contribution >= 4 is 39.9 Å². The van der Waals surface area contributed by atoms with E-state index in [2.05, 4.69) is 10.5 Å². The van der Waals surface area contributed by atoms with Crippen LogP contribution in [0.4, 0.5) is 30.7 Å². The van der Waals surface area contributed by atoms with Crippen LogP contribution < -0.4 is 10.6 Å². The topological polar surface area (TPSA) is 79.8 Å². The highest BCUT2D eigenvalue weighted by Gasteiger charge is 2.62. The van der Waals surface area contributed by atoms with Crippen LogP contribution in [0.2, 0.25) is 5.02 Å². The molecule has 0 radical (unpaired) electrons. The van der Waals surface area contributed by atoms with Crippen molar-refractivity contribution < 1.29 is 45.2 Å². The molecule has 0 spiro atoms. The minimum Gasteiger partial charge on any atom is -0.374 e. The third-order valence-corrected chi connectivity index (χ3v) is 6.51. The van der Waals surface area contributed by atoms with Gasteiger partial charge in [-0.3, -0.25) is 9.59 Å². The van der Waals surface area contributed by atoms with Crippen LogP contribution in [-0.2, 0) is 15.2 Å². The summed E-state index contributed by atoms with van der Waals surface area (Å²) in [6.45, 7) is -1.03. The first-order valence-corrected chi connectivity index (χ1v) is 11.9. The Hall–Kier alpha value is -3.87. The molecule has 3 aromatic carbocycles. The lowest BCUT2D eigenvalue weighted by Gasteiger charge is -2.30. The largest absolute Gasteiger partial charge is 0.435 e. The maximum Gasteiger partial charge on any atom is 0.435 e. The SMILES string of the molecule is Cc1cc([C@]2(C(F)(F)F)CC(c3ccc(C(=O)NCC(=O)NCC(F)(F)F)c4ccccc34)=NO2)cc(Cl)c1F. The zero-order chi connectivity index (χ0) is 29.5. The van der Waals surface area contributed by atoms with Crippen molar-refractivity contribution in [1.29, 1.82) is 0 Å². The first-order chi connectivity index (χ1) is 18.6. The van der Waals surface area contributed by atoms with E-state index in [0.29, 0.717) is 5.39 Å². The molecule has 2 amide bonds. The monoisotopic (exact) mass is 589 g/mol. The Kier molecular flexibility index (Phi) is 7.72. The third-order valence-electron chi connectivity index (χ3n) is 6.24. The van der Waals surface area contributed by atoms with Crippen molar-refractivity contribution in [2.45, 2.75) is 31.3 Å². The number of nitrogens with zero attached hydrogens (tertiary/aromatic N) is 1. The number of rotatable bonds is 6. The molecular weight excluding hydrogens is 571 g/mol. The predicted molar refractivity (Wildman–Crippen MR) is 131 cm³/mol. The van der Waals surface area contributed by atoms with Gasteiger partial charge in [0.25, 0.3) is 11.5 Å². The quantitative estimate of drug-likeness (QED) is 0.350. The molecule has 0 bridgehead atoms. The van der Waals surface area contributed by atoms with Crippen LogP contribution in [0.1, 0.15) is 33.5 Å². The van der Waals surface area contributed by atoms with Crippen LogP contribution in [0.25, 0.3) is 10.8 Å². The molecule has 4 rings (SSSR count). The van der Waals surface area contributed by atoms with Gasteiger partial charge < -0.3 is 15.5 Å². The third kappa shape index (κ3) is 5.69. The van der Waals surface area contributed by atoms with Crippen LogP contribution in [0.15, 0.2) is 53.7 Å². The van der Waals surface area contributed by atoms with Crippen molar-refractivity contribution in [2.24, 2.45) is 5.16 Å². The molecule has 0 aromatic heterocycles. The Morgan fingerprint density at radius 1 is 1.02 bits per heavy atom. The fraction of sp³-hybridized carbons (Fsp3) is 0.269. The zero-order valence-electron chi connectivity index (χ0n) is 20.4. The molecule has 40 heavy (non-hydrogen) atoms. The number of halogens is 8. The summed E-state index contributed by atoms with van der Waals surface area (Å²) in [5, 5.41) is 7.66. The molecule has 6 nitrogen and oxygen atoms in total. The van der Waals surface area contributed by atoms with Gasteiger partial charge >= 0.3 is 12.4 Å². The van der Waals surface area contributed by atoms with Gasteiger partial charge in [-0.1, -0.05) is 47.1 Å². The number of nitrogens with one attached hydrogen (secondary N) is 2. The number of hydrogen-bond acceptors (Lipinski definition) is 4. The first kappa shape index (κ1) is 29.1. The Labute approximate surface area is 227 Å². The van der Waals surface area contributed by atoms with E-state index in [1.807, 2.05) is 0 Å². The van der Waals surface area contributed by atoms with Crippen molar-refractivity contribution in [3.05, 3.63) is 81.6 Å². The zero-order valence-corrected chi connectivity index (χ0v) is 21.2. The highest BCUT2D eigenvalue weighted by Crippen LogP contribution is 2.50. The number of oxime groups is 1. The minimum absolute atomic E-state index is 0.0190. The molecule has 0 aliphatic carbocycles. The number of amides is 2. The van der Waals surface area contributed by atoms with Gasteiger partial charge in [-0.25, -0.2) is 4.39 Å². The molecule has 14 heteroatoms. The number of aryl methyl sites for hydroxylation is 1. The molecule has 2 N–H and O–H groups in total. The Balaban J connectivity index is 1.63. The molecule has 1 aliphatic heterocycles. The molecule has 0 unspecified atom stereocenters. The molecule has 1 atom stereocenters. The molecule has 3 aromatic rings. The van der Waals surface area contributed by atoms with E-state index >= 15 is 0 Å². The summed E-state index contributed by atoms with van der Waals surface area (Å²) in [5.74, 6) is -2.72. The number of hydrogen-bond donors (Lipinski definition) is 2. The molecule has 0 fully saturated rings. The van der Waals surface area contributed by atoms with Gasteiger partial charge in [-0.05, 0) is 41.5 Å². The van der Waals surface area contributed by atoms with E-state index in [1.54, 1.807) is 17.4 Å². The van der Waals surface area contributed by atoms with Gasteiger partial charge in [0, 0.05) is 23.1 Å². The van der Waals surface area contributed by atoms with Crippen LogP contribution in [0, 0.1) is 12.7 Å². The summed E-state index contributed by atoms with van der Waals surface area (Å²) < 4.78 is 94.1. The fourth-order valence-corrected chi connectivity index (χ4v) is 4.54. The molecule has 1 aliphatic rings. The summed E-state index contributed by atoms with van der Waals surface area (Å²) in [7, 11) is 0. The lowest BCUT2D eigenvalue weighted by molar-refractivity contribution is -0.275. The van der Waals surface area contributed by atoms with Gasteiger partial charge in [0.2, 0.25) is 5.91 Å². The van der Waals surface area contributed by atoms with Crippen molar-refractivity contribution in [1.82, 2.24) is 10.6 Å². The summed E-state index contributed by atoms with van der Waals surface area (Å²) in [6.07, 6.45) is -10.4. The summed E-state index contributed by atoms with van der Waals surface area (Å²) in [4.78, 5) is 29.4. The smallest absolute Gasteiger partial charge is 0.374 e. The maximum absolute atomic E-state index is 14.4. The van der Waals surface area contributed by atoms with Gasteiger partial charge in [-0.2, -0.15) is 26.3 Å². The second-order valence-corrected chi connectivity index (χ2v) is 9.41. The Morgan fingerprint density at radius 3 is 2.33 bits per heavy atom. The van der Waals surface area contributed by atoms with E-state index in [-0.39, 0.29) is 27.8 Å². The van der Waals surface area contributed by atoms with Crippen LogP contribution in [0.3, 0.4) is 0 Å². The van der Waals surface area contributed by atoms with E-state index < -0.39 is 65.7 Å². The number of carbonyl (C=O) groups is 2. The number of alkyl halides is 6. The normalized spacial score (nSPS) is 17.4. The average molecular weight is 590 g/mol. The van der Waals surface area contributed by atoms with E-state index in [4.69, 9.17) is 16.4 Å². The predicted octanol–water partition coefficient (Wildman–Crippen LogP) is 5.93. The van der Waals surface area contributed by atoms with E-state index in [1.165, 1.54) is 31.2 Å². The minimum atomic E-state index is -4.98. The summed E-state index contributed by atoms with van der Waals surface area (Å²) in [5.41, 5.74) is -3.38. The van der Waals surface area contributed by atoms with Crippen molar-refractivity contribution in [3.63, 3.8) is 0 Å². The summed E-state index contributed by atoms with van der Waals surface area (Å²) in [6, 6.07) is 10.6. The molecule has 212 valence electrons. The van der Waals surface area contributed by atoms with Crippen LogP contribution >= 0.6 is 11.6 Å². The maximum atomic E-state index is 14.4. The number of benzene rings is 3. The van der Waals surface area contributed by atoms with Crippen molar-refractivity contribution in [3.8, 4) is 0 Å². The Bertz CT molecular complexity index is 1500. The highest BCUT2D eigenvalue weighted by atomic mass is 35.5. The molecule has 0 saturated heterocycles. The molecule has 0 saturated carbocycles. The summed E-state index contributed by atoms with van der Waals surface area (Å²) >= 11 is 5.82.